The summed E-state index contributed by atoms with van der Waals surface area (Å²) in [7, 11) is 1.49. The van der Waals surface area contributed by atoms with Gasteiger partial charge < -0.3 is 10.1 Å². The van der Waals surface area contributed by atoms with E-state index in [9.17, 15) is 9.59 Å². The van der Waals surface area contributed by atoms with Crippen molar-refractivity contribution in [1.29, 1.82) is 0 Å². The highest BCUT2D eigenvalue weighted by atomic mass is 35.5. The SMILES string of the molecule is COC[C@@]1(C)NC(=O)N(Cc2ccc(Cl)cc2)C1=O. The van der Waals surface area contributed by atoms with Crippen molar-refractivity contribution in [3.05, 3.63) is 34.9 Å². The highest BCUT2D eigenvalue weighted by Gasteiger charge is 2.47. The Balaban J connectivity index is 2.15. The van der Waals surface area contributed by atoms with Crippen LogP contribution in [0.1, 0.15) is 12.5 Å². The zero-order valence-corrected chi connectivity index (χ0v) is 11.5. The molecule has 6 heteroatoms. The van der Waals surface area contributed by atoms with Gasteiger partial charge in [-0.3, -0.25) is 9.69 Å². The van der Waals surface area contributed by atoms with E-state index in [0.29, 0.717) is 5.02 Å². The van der Waals surface area contributed by atoms with Crippen molar-refractivity contribution >= 4 is 23.5 Å². The molecule has 0 radical (unpaired) electrons. The van der Waals surface area contributed by atoms with Crippen LogP contribution in [0.5, 0.6) is 0 Å². The number of halogens is 1. The first-order valence-corrected chi connectivity index (χ1v) is 6.21. The maximum atomic E-state index is 12.2. The molecule has 1 fully saturated rings. The van der Waals surface area contributed by atoms with Crippen molar-refractivity contribution in [2.24, 2.45) is 0 Å². The molecular formula is C13H15ClN2O3. The minimum Gasteiger partial charge on any atom is -0.382 e. The van der Waals surface area contributed by atoms with Gasteiger partial charge in [-0.2, -0.15) is 0 Å². The number of carbonyl (C=O) groups excluding carboxylic acids is 2. The van der Waals surface area contributed by atoms with Crippen LogP contribution in [-0.2, 0) is 16.1 Å². The van der Waals surface area contributed by atoms with Gasteiger partial charge in [0.05, 0.1) is 13.2 Å². The Hall–Kier alpha value is -1.59. The first kappa shape index (κ1) is 13.8. The van der Waals surface area contributed by atoms with Gasteiger partial charge in [0.15, 0.2) is 0 Å². The van der Waals surface area contributed by atoms with E-state index >= 15 is 0 Å². The summed E-state index contributed by atoms with van der Waals surface area (Å²) in [4.78, 5) is 25.3. The molecule has 3 amide bonds. The smallest absolute Gasteiger partial charge is 0.325 e. The molecule has 102 valence electrons. The normalized spacial score (nSPS) is 22.8. The summed E-state index contributed by atoms with van der Waals surface area (Å²) in [5.41, 5.74) is -0.146. The van der Waals surface area contributed by atoms with Gasteiger partial charge in [-0.25, -0.2) is 4.79 Å². The van der Waals surface area contributed by atoms with Gasteiger partial charge in [0, 0.05) is 12.1 Å². The minimum atomic E-state index is -0.988. The maximum absolute atomic E-state index is 12.2. The van der Waals surface area contributed by atoms with E-state index in [1.54, 1.807) is 31.2 Å². The van der Waals surface area contributed by atoms with Crippen molar-refractivity contribution in [3.63, 3.8) is 0 Å². The fourth-order valence-corrected chi connectivity index (χ4v) is 2.18. The van der Waals surface area contributed by atoms with Crippen molar-refractivity contribution in [2.75, 3.05) is 13.7 Å². The molecule has 1 heterocycles. The predicted molar refractivity (Wildman–Crippen MR) is 70.8 cm³/mol. The molecule has 0 spiro atoms. The van der Waals surface area contributed by atoms with Crippen LogP contribution in [0.3, 0.4) is 0 Å². The number of hydrogen-bond donors (Lipinski definition) is 1. The summed E-state index contributed by atoms with van der Waals surface area (Å²) in [6.45, 7) is 2.02. The van der Waals surface area contributed by atoms with Gasteiger partial charge in [-0.15, -0.1) is 0 Å². The van der Waals surface area contributed by atoms with Gasteiger partial charge in [0.1, 0.15) is 5.54 Å². The van der Waals surface area contributed by atoms with Gasteiger partial charge in [-0.05, 0) is 24.6 Å². The number of imide groups is 1. The van der Waals surface area contributed by atoms with Crippen LogP contribution in [0.25, 0.3) is 0 Å². The molecule has 19 heavy (non-hydrogen) atoms. The Bertz CT molecular complexity index is 503. The van der Waals surface area contributed by atoms with E-state index in [1.807, 2.05) is 0 Å². The van der Waals surface area contributed by atoms with Gasteiger partial charge in [0.25, 0.3) is 5.91 Å². The van der Waals surface area contributed by atoms with Crippen LogP contribution in [0.4, 0.5) is 4.79 Å². The molecule has 2 rings (SSSR count). The van der Waals surface area contributed by atoms with Gasteiger partial charge in [0.2, 0.25) is 0 Å². The van der Waals surface area contributed by atoms with E-state index in [2.05, 4.69) is 5.32 Å². The van der Waals surface area contributed by atoms with E-state index in [4.69, 9.17) is 16.3 Å². The number of urea groups is 1. The van der Waals surface area contributed by atoms with Crippen LogP contribution in [0.2, 0.25) is 5.02 Å². The van der Waals surface area contributed by atoms with Gasteiger partial charge >= 0.3 is 6.03 Å². The first-order chi connectivity index (χ1) is 8.96. The van der Waals surface area contributed by atoms with E-state index in [1.165, 1.54) is 12.0 Å². The zero-order chi connectivity index (χ0) is 14.0. The molecule has 1 saturated heterocycles. The van der Waals surface area contributed by atoms with Crippen molar-refractivity contribution < 1.29 is 14.3 Å². The Morgan fingerprint density at radius 1 is 1.32 bits per heavy atom. The minimum absolute atomic E-state index is 0.148. The largest absolute Gasteiger partial charge is 0.382 e. The summed E-state index contributed by atoms with van der Waals surface area (Å²) in [6.07, 6.45) is 0. The molecule has 1 aliphatic heterocycles. The second kappa shape index (κ2) is 5.19. The quantitative estimate of drug-likeness (QED) is 0.857. The van der Waals surface area contributed by atoms with E-state index in [0.717, 1.165) is 5.56 Å². The van der Waals surface area contributed by atoms with Crippen LogP contribution in [0, 0.1) is 0 Å². The van der Waals surface area contributed by atoms with Crippen LogP contribution < -0.4 is 5.32 Å². The molecule has 5 nitrogen and oxygen atoms in total. The summed E-state index contributed by atoms with van der Waals surface area (Å²) in [5.74, 6) is -0.283. The third-order valence-electron chi connectivity index (χ3n) is 3.03. The monoisotopic (exact) mass is 282 g/mol. The predicted octanol–water partition coefficient (Wildman–Crippen LogP) is 1.80. The molecule has 0 aliphatic carbocycles. The van der Waals surface area contributed by atoms with Crippen LogP contribution in [-0.4, -0.2) is 36.1 Å². The molecule has 0 saturated carbocycles. The molecule has 1 N–H and O–H groups in total. The Kier molecular flexibility index (Phi) is 3.78. The average molecular weight is 283 g/mol. The summed E-state index contributed by atoms with van der Waals surface area (Å²) >= 11 is 5.80. The molecule has 1 aromatic carbocycles. The number of rotatable bonds is 4. The topological polar surface area (TPSA) is 58.6 Å². The summed E-state index contributed by atoms with van der Waals surface area (Å²) < 4.78 is 4.98. The van der Waals surface area contributed by atoms with Crippen molar-refractivity contribution in [2.45, 2.75) is 19.0 Å². The molecule has 0 unspecified atom stereocenters. The maximum Gasteiger partial charge on any atom is 0.325 e. The third-order valence-corrected chi connectivity index (χ3v) is 3.28. The Morgan fingerprint density at radius 2 is 1.95 bits per heavy atom. The lowest BCUT2D eigenvalue weighted by atomic mass is 10.0. The number of ether oxygens (including phenoxy) is 1. The molecule has 1 aliphatic rings. The average Bonchev–Trinajstić information content (AvgIpc) is 2.56. The second-order valence-electron chi connectivity index (χ2n) is 4.71. The molecular weight excluding hydrogens is 268 g/mol. The number of methoxy groups -OCH3 is 1. The summed E-state index contributed by atoms with van der Waals surface area (Å²) in [6, 6.07) is 6.62. The number of amides is 3. The van der Waals surface area contributed by atoms with E-state index < -0.39 is 11.6 Å². The number of hydrogen-bond acceptors (Lipinski definition) is 3. The van der Waals surface area contributed by atoms with Crippen LogP contribution in [0.15, 0.2) is 24.3 Å². The van der Waals surface area contributed by atoms with Crippen molar-refractivity contribution in [3.8, 4) is 0 Å². The third kappa shape index (κ3) is 2.72. The van der Waals surface area contributed by atoms with E-state index in [-0.39, 0.29) is 19.1 Å². The standard InChI is InChI=1S/C13H15ClN2O3/c1-13(8-19-2)11(17)16(12(18)15-13)7-9-3-5-10(14)6-4-9/h3-6H,7-8H2,1-2H3,(H,15,18)/t13-/m1/s1. The second-order valence-corrected chi connectivity index (χ2v) is 5.15. The number of nitrogens with zero attached hydrogens (tertiary/aromatic N) is 1. The zero-order valence-electron chi connectivity index (χ0n) is 10.8. The number of benzene rings is 1. The molecule has 0 bridgehead atoms. The van der Waals surface area contributed by atoms with Crippen LogP contribution >= 0.6 is 11.6 Å². The number of carbonyl (C=O) groups is 2. The Morgan fingerprint density at radius 3 is 2.53 bits per heavy atom. The fourth-order valence-electron chi connectivity index (χ4n) is 2.05. The highest BCUT2D eigenvalue weighted by molar-refractivity contribution is 6.30. The molecule has 0 aromatic heterocycles. The molecule has 1 aromatic rings. The lowest BCUT2D eigenvalue weighted by Gasteiger charge is -2.20. The fraction of sp³-hybridized carbons (Fsp3) is 0.385. The molecule has 1 atom stereocenters. The number of nitrogens with one attached hydrogen (secondary N) is 1. The Labute approximate surface area is 116 Å². The lowest BCUT2D eigenvalue weighted by Crippen LogP contribution is -2.47. The lowest BCUT2D eigenvalue weighted by molar-refractivity contribution is -0.132. The first-order valence-electron chi connectivity index (χ1n) is 5.84. The van der Waals surface area contributed by atoms with Gasteiger partial charge in [-0.1, -0.05) is 23.7 Å². The highest BCUT2D eigenvalue weighted by Crippen LogP contribution is 2.21. The van der Waals surface area contributed by atoms with Crippen molar-refractivity contribution in [1.82, 2.24) is 10.2 Å². The summed E-state index contributed by atoms with van der Waals surface area (Å²) in [5, 5.41) is 3.26.